The van der Waals surface area contributed by atoms with Crippen LogP contribution < -0.4 is 10.6 Å². The molecule has 156 valence electrons. The molecule has 0 spiro atoms. The Hall–Kier alpha value is -3.26. The maximum absolute atomic E-state index is 12.7. The van der Waals surface area contributed by atoms with E-state index in [4.69, 9.17) is 0 Å². The Morgan fingerprint density at radius 2 is 1.87 bits per heavy atom. The minimum absolute atomic E-state index is 0.0166. The number of hydrogen-bond donors (Lipinski definition) is 2. The lowest BCUT2D eigenvalue weighted by atomic mass is 10.0. The van der Waals surface area contributed by atoms with Crippen LogP contribution in [0, 0.1) is 0 Å². The number of fused-ring (bicyclic) bond motifs is 1. The first-order valence-electron chi connectivity index (χ1n) is 10.3. The minimum Gasteiger partial charge on any atom is -0.349 e. The zero-order chi connectivity index (χ0) is 20.9. The Morgan fingerprint density at radius 1 is 1.10 bits per heavy atom. The van der Waals surface area contributed by atoms with E-state index in [1.807, 2.05) is 49.4 Å². The van der Waals surface area contributed by atoms with E-state index < -0.39 is 0 Å². The lowest BCUT2D eigenvalue weighted by molar-refractivity contribution is -0.117. The van der Waals surface area contributed by atoms with Gasteiger partial charge in [0, 0.05) is 36.9 Å². The van der Waals surface area contributed by atoms with Gasteiger partial charge in [-0.1, -0.05) is 23.4 Å². The predicted molar refractivity (Wildman–Crippen MR) is 115 cm³/mol. The number of likely N-dealkylation sites (tertiary alicyclic amines) is 1. The van der Waals surface area contributed by atoms with Crippen molar-refractivity contribution in [2.45, 2.75) is 32.4 Å². The van der Waals surface area contributed by atoms with E-state index in [2.05, 4.69) is 25.8 Å². The van der Waals surface area contributed by atoms with Crippen LogP contribution in [0.3, 0.4) is 0 Å². The molecule has 2 heterocycles. The number of amides is 2. The summed E-state index contributed by atoms with van der Waals surface area (Å²) in [5, 5.41) is 14.2. The second kappa shape index (κ2) is 9.04. The highest BCUT2D eigenvalue weighted by Gasteiger charge is 2.23. The minimum atomic E-state index is -0.0942. The zero-order valence-corrected chi connectivity index (χ0v) is 17.0. The molecule has 0 atom stereocenters. The van der Waals surface area contributed by atoms with Crippen molar-refractivity contribution in [3.05, 3.63) is 54.1 Å². The van der Waals surface area contributed by atoms with Gasteiger partial charge in [-0.15, -0.1) is 5.10 Å². The zero-order valence-electron chi connectivity index (χ0n) is 17.0. The van der Waals surface area contributed by atoms with Crippen LogP contribution in [0.4, 0.5) is 5.69 Å². The monoisotopic (exact) mass is 406 g/mol. The van der Waals surface area contributed by atoms with Gasteiger partial charge in [-0.25, -0.2) is 4.68 Å². The molecule has 0 bridgehead atoms. The molecule has 1 saturated heterocycles. The Labute approximate surface area is 175 Å². The summed E-state index contributed by atoms with van der Waals surface area (Å²) in [6.45, 7) is 4.66. The Bertz CT molecular complexity index is 1020. The highest BCUT2D eigenvalue weighted by Crippen LogP contribution is 2.15. The summed E-state index contributed by atoms with van der Waals surface area (Å²) in [7, 11) is 0. The molecule has 8 heteroatoms. The summed E-state index contributed by atoms with van der Waals surface area (Å²) >= 11 is 0. The third-order valence-corrected chi connectivity index (χ3v) is 5.42. The molecule has 1 aliphatic rings. The number of aryl methyl sites for hydroxylation is 1. The average Bonchev–Trinajstić information content (AvgIpc) is 3.18. The highest BCUT2D eigenvalue weighted by molar-refractivity contribution is 5.97. The fourth-order valence-electron chi connectivity index (χ4n) is 3.78. The Balaban J connectivity index is 1.26. The fourth-order valence-corrected chi connectivity index (χ4v) is 3.78. The number of para-hydroxylation sites is 1. The van der Waals surface area contributed by atoms with Gasteiger partial charge < -0.3 is 10.6 Å². The van der Waals surface area contributed by atoms with E-state index in [-0.39, 0.29) is 17.9 Å². The summed E-state index contributed by atoms with van der Waals surface area (Å²) in [6, 6.07) is 15.1. The Morgan fingerprint density at radius 3 is 2.60 bits per heavy atom. The van der Waals surface area contributed by atoms with Crippen LogP contribution in [0.5, 0.6) is 0 Å². The predicted octanol–water partition coefficient (Wildman–Crippen LogP) is 2.28. The van der Waals surface area contributed by atoms with Crippen molar-refractivity contribution in [2.75, 3.05) is 25.0 Å². The standard InChI is InChI=1S/C22H26N6O2/c1-2-28-20-9-8-16(14-19(20)25-26-28)22(30)24-18-10-12-27(13-11-18)15-21(29)23-17-6-4-3-5-7-17/h3-9,14,18H,2,10-13,15H2,1H3,(H,23,29)(H,24,30). The van der Waals surface area contributed by atoms with Crippen LogP contribution in [0.1, 0.15) is 30.1 Å². The third-order valence-electron chi connectivity index (χ3n) is 5.42. The maximum Gasteiger partial charge on any atom is 0.251 e. The Kier molecular flexibility index (Phi) is 6.04. The molecule has 4 rings (SSSR count). The number of hydrogen-bond acceptors (Lipinski definition) is 5. The summed E-state index contributed by atoms with van der Waals surface area (Å²) in [5.41, 5.74) is 3.05. The maximum atomic E-state index is 12.7. The number of benzene rings is 2. The molecule has 2 amide bonds. The van der Waals surface area contributed by atoms with E-state index in [0.717, 1.165) is 49.2 Å². The van der Waals surface area contributed by atoms with E-state index in [1.165, 1.54) is 0 Å². The summed E-state index contributed by atoms with van der Waals surface area (Å²) in [4.78, 5) is 27.0. The number of aromatic nitrogens is 3. The van der Waals surface area contributed by atoms with Crippen LogP contribution >= 0.6 is 0 Å². The lowest BCUT2D eigenvalue weighted by Gasteiger charge is -2.31. The van der Waals surface area contributed by atoms with Crippen molar-refractivity contribution in [2.24, 2.45) is 0 Å². The van der Waals surface area contributed by atoms with E-state index in [0.29, 0.717) is 12.1 Å². The number of rotatable bonds is 6. The highest BCUT2D eigenvalue weighted by atomic mass is 16.2. The molecular formula is C22H26N6O2. The van der Waals surface area contributed by atoms with Crippen LogP contribution in [0.2, 0.25) is 0 Å². The van der Waals surface area contributed by atoms with E-state index in [9.17, 15) is 9.59 Å². The molecule has 1 aliphatic heterocycles. The molecule has 1 fully saturated rings. The molecule has 0 aliphatic carbocycles. The van der Waals surface area contributed by atoms with Gasteiger partial charge in [0.25, 0.3) is 5.91 Å². The van der Waals surface area contributed by atoms with Crippen molar-refractivity contribution in [1.29, 1.82) is 0 Å². The van der Waals surface area contributed by atoms with Crippen LogP contribution in [-0.4, -0.2) is 57.4 Å². The number of piperidine rings is 1. The van der Waals surface area contributed by atoms with Gasteiger partial charge in [-0.05, 0) is 50.1 Å². The molecule has 0 saturated carbocycles. The number of nitrogens with zero attached hydrogens (tertiary/aromatic N) is 4. The van der Waals surface area contributed by atoms with Crippen molar-refractivity contribution in [3.63, 3.8) is 0 Å². The van der Waals surface area contributed by atoms with Gasteiger partial charge in [0.1, 0.15) is 5.52 Å². The topological polar surface area (TPSA) is 92.2 Å². The van der Waals surface area contributed by atoms with Gasteiger partial charge in [-0.2, -0.15) is 0 Å². The first kappa shape index (κ1) is 20.0. The number of anilines is 1. The van der Waals surface area contributed by atoms with Crippen LogP contribution in [-0.2, 0) is 11.3 Å². The smallest absolute Gasteiger partial charge is 0.251 e. The molecule has 2 N–H and O–H groups in total. The van der Waals surface area contributed by atoms with Gasteiger partial charge in [0.2, 0.25) is 5.91 Å². The molecule has 0 radical (unpaired) electrons. The summed E-state index contributed by atoms with van der Waals surface area (Å²) in [6.07, 6.45) is 1.64. The second-order valence-corrected chi connectivity index (χ2v) is 7.55. The van der Waals surface area contributed by atoms with Crippen molar-refractivity contribution < 1.29 is 9.59 Å². The second-order valence-electron chi connectivity index (χ2n) is 7.55. The van der Waals surface area contributed by atoms with Gasteiger partial charge >= 0.3 is 0 Å². The van der Waals surface area contributed by atoms with Crippen LogP contribution in [0.25, 0.3) is 11.0 Å². The van der Waals surface area contributed by atoms with Crippen LogP contribution in [0.15, 0.2) is 48.5 Å². The molecule has 1 aromatic heterocycles. The first-order valence-corrected chi connectivity index (χ1v) is 10.3. The number of nitrogens with one attached hydrogen (secondary N) is 2. The summed E-state index contributed by atoms with van der Waals surface area (Å²) in [5.74, 6) is -0.111. The van der Waals surface area contributed by atoms with Gasteiger partial charge in [0.15, 0.2) is 0 Å². The molecule has 30 heavy (non-hydrogen) atoms. The van der Waals surface area contributed by atoms with Crippen molar-refractivity contribution in [1.82, 2.24) is 25.2 Å². The fraction of sp³-hybridized carbons (Fsp3) is 0.364. The molecule has 3 aromatic rings. The molecule has 8 nitrogen and oxygen atoms in total. The lowest BCUT2D eigenvalue weighted by Crippen LogP contribution is -2.46. The van der Waals surface area contributed by atoms with E-state index in [1.54, 1.807) is 10.7 Å². The molecule has 0 unspecified atom stereocenters. The SMILES string of the molecule is CCn1nnc2cc(C(=O)NC3CCN(CC(=O)Nc4ccccc4)CC3)ccc21. The van der Waals surface area contributed by atoms with Crippen molar-refractivity contribution >= 4 is 28.5 Å². The third kappa shape index (κ3) is 4.65. The normalized spacial score (nSPS) is 15.2. The first-order chi connectivity index (χ1) is 14.6. The number of carbonyl (C=O) groups is 2. The average molecular weight is 406 g/mol. The van der Waals surface area contributed by atoms with E-state index >= 15 is 0 Å². The quantitative estimate of drug-likeness (QED) is 0.655. The van der Waals surface area contributed by atoms with Crippen molar-refractivity contribution in [3.8, 4) is 0 Å². The summed E-state index contributed by atoms with van der Waals surface area (Å²) < 4.78 is 1.81. The largest absolute Gasteiger partial charge is 0.349 e. The van der Waals surface area contributed by atoms with Gasteiger partial charge in [-0.3, -0.25) is 14.5 Å². The molecule has 2 aromatic carbocycles. The van der Waals surface area contributed by atoms with Gasteiger partial charge in [0.05, 0.1) is 12.1 Å². The molecular weight excluding hydrogens is 380 g/mol. The number of carbonyl (C=O) groups excluding carboxylic acids is 2.